The number of hydrogen-bond acceptors (Lipinski definition) is 4. The molecule has 8 heteroatoms. The third-order valence-electron chi connectivity index (χ3n) is 5.43. The Morgan fingerprint density at radius 1 is 0.917 bits per heavy atom. The van der Waals surface area contributed by atoms with Crippen molar-refractivity contribution in [1.29, 1.82) is 0 Å². The number of nitrogens with one attached hydrogen (secondary N) is 1. The number of carbonyl (C=O) groups excluding carboxylic acids is 1. The fraction of sp³-hybridized carbons (Fsp3) is 0.0714. The molecule has 0 unspecified atom stereocenters. The van der Waals surface area contributed by atoms with Crippen molar-refractivity contribution in [2.45, 2.75) is 12.2 Å². The molecule has 0 aliphatic carbocycles. The summed E-state index contributed by atoms with van der Waals surface area (Å²) in [7, 11) is 0. The van der Waals surface area contributed by atoms with E-state index in [0.717, 1.165) is 14.7 Å². The molecule has 0 bridgehead atoms. The standard InChI is InChI=1S/C28H21Cl2IN2O3/c29-23-13-11-20(15-24(23)30)18-36-26-14-12-19(16-25(26)31)17-32-33-27(34)28(35,21-7-3-1-4-8-21)22-9-5-2-6-10-22/h1-17,35H,18H2,(H,33,34)/b32-17-. The van der Waals surface area contributed by atoms with E-state index in [2.05, 4.69) is 33.1 Å². The molecular formula is C28H21Cl2IN2O3. The van der Waals surface area contributed by atoms with E-state index >= 15 is 0 Å². The Morgan fingerprint density at radius 2 is 1.56 bits per heavy atom. The number of ether oxygens (including phenoxy) is 1. The third kappa shape index (κ3) is 6.07. The summed E-state index contributed by atoms with van der Waals surface area (Å²) >= 11 is 14.2. The van der Waals surface area contributed by atoms with Crippen LogP contribution in [0.5, 0.6) is 5.75 Å². The third-order valence-corrected chi connectivity index (χ3v) is 7.01. The van der Waals surface area contributed by atoms with Gasteiger partial charge in [-0.25, -0.2) is 5.43 Å². The van der Waals surface area contributed by atoms with Crippen LogP contribution in [0.25, 0.3) is 0 Å². The highest BCUT2D eigenvalue weighted by Crippen LogP contribution is 2.30. The second-order valence-electron chi connectivity index (χ2n) is 7.87. The van der Waals surface area contributed by atoms with E-state index in [1.54, 1.807) is 60.7 Å². The van der Waals surface area contributed by atoms with E-state index in [1.165, 1.54) is 6.21 Å². The van der Waals surface area contributed by atoms with Crippen LogP contribution in [0.1, 0.15) is 22.3 Å². The zero-order valence-electron chi connectivity index (χ0n) is 18.9. The van der Waals surface area contributed by atoms with Gasteiger partial charge in [-0.05, 0) is 75.2 Å². The second kappa shape index (κ2) is 11.9. The Bertz CT molecular complexity index is 1340. The summed E-state index contributed by atoms with van der Waals surface area (Å²) in [5.41, 5.74) is 3.14. The lowest BCUT2D eigenvalue weighted by Gasteiger charge is -2.27. The number of halogens is 3. The Hall–Kier alpha value is -2.91. The highest BCUT2D eigenvalue weighted by Gasteiger charge is 2.39. The van der Waals surface area contributed by atoms with Crippen LogP contribution in [0.3, 0.4) is 0 Å². The fourth-order valence-electron chi connectivity index (χ4n) is 3.54. The van der Waals surface area contributed by atoms with Crippen molar-refractivity contribution in [3.8, 4) is 5.75 Å². The predicted octanol–water partition coefficient (Wildman–Crippen LogP) is 6.56. The smallest absolute Gasteiger partial charge is 0.281 e. The summed E-state index contributed by atoms with van der Waals surface area (Å²) < 4.78 is 6.77. The normalized spacial score (nSPS) is 11.4. The highest BCUT2D eigenvalue weighted by molar-refractivity contribution is 14.1. The van der Waals surface area contributed by atoms with E-state index in [4.69, 9.17) is 27.9 Å². The van der Waals surface area contributed by atoms with Gasteiger partial charge in [-0.2, -0.15) is 5.10 Å². The molecule has 4 aromatic rings. The zero-order chi connectivity index (χ0) is 25.5. The topological polar surface area (TPSA) is 70.9 Å². The SMILES string of the molecule is O=C(N/N=C\c1ccc(OCc2ccc(Cl)c(Cl)c2)c(I)c1)C(O)(c1ccccc1)c1ccccc1. The van der Waals surface area contributed by atoms with Gasteiger partial charge in [-0.3, -0.25) is 4.79 Å². The molecule has 1 amide bonds. The fourth-order valence-corrected chi connectivity index (χ4v) is 4.55. The number of aliphatic hydroxyl groups is 1. The number of rotatable bonds is 8. The van der Waals surface area contributed by atoms with E-state index < -0.39 is 11.5 Å². The summed E-state index contributed by atoms with van der Waals surface area (Å²) in [5, 5.41) is 16.5. The molecule has 0 fully saturated rings. The van der Waals surface area contributed by atoms with Gasteiger partial charge in [-0.1, -0.05) is 89.9 Å². The lowest BCUT2D eigenvalue weighted by molar-refractivity contribution is -0.136. The van der Waals surface area contributed by atoms with Crippen LogP contribution in [-0.4, -0.2) is 17.2 Å². The van der Waals surface area contributed by atoms with E-state index in [-0.39, 0.29) is 0 Å². The molecule has 4 rings (SSSR count). The zero-order valence-corrected chi connectivity index (χ0v) is 22.5. The minimum Gasteiger partial charge on any atom is -0.488 e. The van der Waals surface area contributed by atoms with Gasteiger partial charge in [0.05, 0.1) is 19.8 Å². The van der Waals surface area contributed by atoms with Gasteiger partial charge in [0.15, 0.2) is 5.60 Å². The van der Waals surface area contributed by atoms with Crippen molar-refractivity contribution >= 4 is 57.9 Å². The number of nitrogens with zero attached hydrogens (tertiary/aromatic N) is 1. The molecule has 0 heterocycles. The van der Waals surface area contributed by atoms with Gasteiger partial charge in [0.2, 0.25) is 0 Å². The van der Waals surface area contributed by atoms with E-state index in [1.807, 2.05) is 36.4 Å². The van der Waals surface area contributed by atoms with Crippen LogP contribution in [0.2, 0.25) is 10.0 Å². The predicted molar refractivity (Wildman–Crippen MR) is 152 cm³/mol. The number of hydrazone groups is 1. The highest BCUT2D eigenvalue weighted by atomic mass is 127. The first kappa shape index (κ1) is 26.2. The maximum Gasteiger partial charge on any atom is 0.281 e. The minimum absolute atomic E-state index is 0.341. The summed E-state index contributed by atoms with van der Waals surface area (Å²) in [6.45, 7) is 0.341. The van der Waals surface area contributed by atoms with E-state index in [0.29, 0.717) is 33.5 Å². The van der Waals surface area contributed by atoms with Gasteiger partial charge in [0.1, 0.15) is 12.4 Å². The van der Waals surface area contributed by atoms with Crippen LogP contribution < -0.4 is 10.2 Å². The Balaban J connectivity index is 1.45. The van der Waals surface area contributed by atoms with Crippen molar-refractivity contribution < 1.29 is 14.6 Å². The van der Waals surface area contributed by atoms with Crippen LogP contribution in [-0.2, 0) is 17.0 Å². The van der Waals surface area contributed by atoms with Crippen molar-refractivity contribution in [2.75, 3.05) is 0 Å². The number of carbonyl (C=O) groups is 1. The van der Waals surface area contributed by atoms with Gasteiger partial charge in [-0.15, -0.1) is 0 Å². The van der Waals surface area contributed by atoms with Crippen LogP contribution in [0.15, 0.2) is 102 Å². The molecule has 0 aliphatic heterocycles. The minimum atomic E-state index is -1.89. The Kier molecular flexibility index (Phi) is 8.64. The van der Waals surface area contributed by atoms with Crippen molar-refractivity contribution in [1.82, 2.24) is 5.43 Å². The molecule has 2 N–H and O–H groups in total. The average Bonchev–Trinajstić information content (AvgIpc) is 2.90. The Labute approximate surface area is 232 Å². The first-order valence-electron chi connectivity index (χ1n) is 10.9. The van der Waals surface area contributed by atoms with Gasteiger partial charge >= 0.3 is 0 Å². The summed E-state index contributed by atoms with van der Waals surface area (Å²) in [5.74, 6) is 0.0396. The number of amides is 1. The molecule has 4 aromatic carbocycles. The number of hydrogen-bond donors (Lipinski definition) is 2. The molecule has 182 valence electrons. The first-order valence-corrected chi connectivity index (χ1v) is 12.7. The lowest BCUT2D eigenvalue weighted by Crippen LogP contribution is -2.43. The maximum atomic E-state index is 13.1. The van der Waals surface area contributed by atoms with Gasteiger partial charge < -0.3 is 9.84 Å². The molecule has 0 aliphatic rings. The maximum absolute atomic E-state index is 13.1. The van der Waals surface area contributed by atoms with Gasteiger partial charge in [0, 0.05) is 0 Å². The summed E-state index contributed by atoms with van der Waals surface area (Å²) in [6.07, 6.45) is 1.51. The molecule has 0 radical (unpaired) electrons. The molecule has 0 saturated heterocycles. The van der Waals surface area contributed by atoms with Crippen molar-refractivity contribution in [2.24, 2.45) is 5.10 Å². The summed E-state index contributed by atoms with van der Waals surface area (Å²) in [6, 6.07) is 28.4. The first-order chi connectivity index (χ1) is 17.4. The second-order valence-corrected chi connectivity index (χ2v) is 9.85. The molecule has 5 nitrogen and oxygen atoms in total. The molecule has 0 saturated carbocycles. The van der Waals surface area contributed by atoms with Crippen LogP contribution in [0.4, 0.5) is 0 Å². The number of benzene rings is 4. The quantitative estimate of drug-likeness (QED) is 0.132. The molecule has 0 aromatic heterocycles. The largest absolute Gasteiger partial charge is 0.488 e. The van der Waals surface area contributed by atoms with Crippen molar-refractivity contribution in [3.05, 3.63) is 133 Å². The van der Waals surface area contributed by atoms with Crippen molar-refractivity contribution in [3.63, 3.8) is 0 Å². The van der Waals surface area contributed by atoms with E-state index in [9.17, 15) is 9.90 Å². The molecular weight excluding hydrogens is 610 g/mol. The molecule has 0 spiro atoms. The molecule has 0 atom stereocenters. The van der Waals surface area contributed by atoms with Crippen LogP contribution in [0, 0.1) is 3.57 Å². The molecule has 36 heavy (non-hydrogen) atoms. The Morgan fingerprint density at radius 3 is 2.14 bits per heavy atom. The summed E-state index contributed by atoms with van der Waals surface area (Å²) in [4.78, 5) is 13.1. The lowest BCUT2D eigenvalue weighted by atomic mass is 9.85. The monoisotopic (exact) mass is 630 g/mol. The van der Waals surface area contributed by atoms with Gasteiger partial charge in [0.25, 0.3) is 5.91 Å². The average molecular weight is 631 g/mol. The van der Waals surface area contributed by atoms with Crippen LogP contribution >= 0.6 is 45.8 Å².